The van der Waals surface area contributed by atoms with Crippen LogP contribution in [0.25, 0.3) is 11.3 Å². The normalized spacial score (nSPS) is 10.5. The largest absolute Gasteiger partial charge is 0.355 e. The summed E-state index contributed by atoms with van der Waals surface area (Å²) in [6, 6.07) is 0. The topological polar surface area (TPSA) is 43.9 Å². The molecule has 0 unspecified atom stereocenters. The summed E-state index contributed by atoms with van der Waals surface area (Å²) >= 11 is 2.18. The molecule has 0 atom stereocenters. The fourth-order valence-corrected chi connectivity index (χ4v) is 1.48. The Morgan fingerprint density at radius 1 is 1.50 bits per heavy atom. The molecule has 2 heterocycles. The van der Waals surface area contributed by atoms with Gasteiger partial charge in [0.05, 0.1) is 21.5 Å². The maximum absolute atomic E-state index is 5.05. The molecule has 5 heteroatoms. The maximum atomic E-state index is 5.05. The summed E-state index contributed by atoms with van der Waals surface area (Å²) in [7, 11) is 1.87. The van der Waals surface area contributed by atoms with Crippen molar-refractivity contribution in [2.75, 3.05) is 0 Å². The number of halogens is 1. The van der Waals surface area contributed by atoms with Gasteiger partial charge in [0.25, 0.3) is 0 Å². The van der Waals surface area contributed by atoms with E-state index in [1.807, 2.05) is 13.2 Å². The molecule has 0 aliphatic heterocycles. The summed E-state index contributed by atoms with van der Waals surface area (Å²) < 4.78 is 7.78. The van der Waals surface area contributed by atoms with Crippen molar-refractivity contribution < 1.29 is 4.52 Å². The van der Waals surface area contributed by atoms with Crippen LogP contribution in [0.4, 0.5) is 0 Å². The van der Waals surface area contributed by atoms with Crippen molar-refractivity contribution in [3.05, 3.63) is 22.2 Å². The lowest BCUT2D eigenvalue weighted by atomic mass is 10.3. The van der Waals surface area contributed by atoms with Gasteiger partial charge in [0.1, 0.15) is 0 Å². The lowest BCUT2D eigenvalue weighted by molar-refractivity contribution is 0.432. The van der Waals surface area contributed by atoms with E-state index in [0.717, 1.165) is 14.9 Å². The molecule has 0 radical (unpaired) electrons. The van der Waals surface area contributed by atoms with Gasteiger partial charge in [-0.25, -0.2) is 0 Å². The Kier molecular flexibility index (Phi) is 1.87. The number of aryl methyl sites for hydroxylation is 1. The van der Waals surface area contributed by atoms with Crippen LogP contribution in [0.15, 0.2) is 23.1 Å². The van der Waals surface area contributed by atoms with Crippen molar-refractivity contribution >= 4 is 22.6 Å². The summed E-state index contributed by atoms with van der Waals surface area (Å²) in [5.41, 5.74) is 0.958. The number of hydrogen-bond donors (Lipinski definition) is 0. The molecule has 62 valence electrons. The minimum Gasteiger partial charge on any atom is -0.355 e. The number of nitrogens with zero attached hydrogens (tertiary/aromatic N) is 3. The zero-order valence-electron chi connectivity index (χ0n) is 6.36. The van der Waals surface area contributed by atoms with E-state index in [1.54, 1.807) is 17.1 Å². The minimum absolute atomic E-state index is 0.781. The van der Waals surface area contributed by atoms with E-state index in [9.17, 15) is 0 Å². The van der Waals surface area contributed by atoms with E-state index >= 15 is 0 Å². The van der Waals surface area contributed by atoms with E-state index in [1.165, 1.54) is 0 Å². The highest BCUT2D eigenvalue weighted by Crippen LogP contribution is 2.23. The van der Waals surface area contributed by atoms with Gasteiger partial charge in [-0.15, -0.1) is 0 Å². The first kappa shape index (κ1) is 7.78. The molecule has 0 saturated carbocycles. The zero-order chi connectivity index (χ0) is 8.55. The molecule has 0 aliphatic rings. The van der Waals surface area contributed by atoms with Gasteiger partial charge in [0.2, 0.25) is 0 Å². The number of hydrogen-bond acceptors (Lipinski definition) is 3. The Morgan fingerprint density at radius 2 is 2.33 bits per heavy atom. The summed E-state index contributed by atoms with van der Waals surface area (Å²) in [5, 5.41) is 7.73. The van der Waals surface area contributed by atoms with Gasteiger partial charge in [-0.2, -0.15) is 5.10 Å². The van der Waals surface area contributed by atoms with Crippen LogP contribution < -0.4 is 0 Å². The molecule has 2 aromatic heterocycles. The molecule has 0 amide bonds. The second-order valence-corrected chi connectivity index (χ2v) is 3.57. The molecule has 0 bridgehead atoms. The van der Waals surface area contributed by atoms with Crippen LogP contribution in [0.1, 0.15) is 0 Å². The average molecular weight is 275 g/mol. The van der Waals surface area contributed by atoms with Gasteiger partial charge in [-0.3, -0.25) is 4.68 Å². The van der Waals surface area contributed by atoms with Crippen LogP contribution in [-0.4, -0.2) is 14.9 Å². The highest BCUT2D eigenvalue weighted by atomic mass is 127. The van der Waals surface area contributed by atoms with Crippen molar-refractivity contribution in [1.29, 1.82) is 0 Å². The molecule has 12 heavy (non-hydrogen) atoms. The van der Waals surface area contributed by atoms with Crippen LogP contribution >= 0.6 is 22.6 Å². The predicted octanol–water partition coefficient (Wildman–Crippen LogP) is 1.68. The Labute approximate surface area is 82.7 Å². The van der Waals surface area contributed by atoms with E-state index in [4.69, 9.17) is 4.52 Å². The quantitative estimate of drug-likeness (QED) is 0.744. The smallest absolute Gasteiger partial charge is 0.183 e. The second kappa shape index (κ2) is 2.89. The molecule has 2 rings (SSSR count). The Hall–Kier alpha value is -0.850. The average Bonchev–Trinajstić information content (AvgIpc) is 2.58. The SMILES string of the molecule is Cn1cc(-c2oncc2I)cn1. The van der Waals surface area contributed by atoms with Gasteiger partial charge >= 0.3 is 0 Å². The second-order valence-electron chi connectivity index (χ2n) is 2.41. The molecule has 0 saturated heterocycles. The number of rotatable bonds is 1. The summed E-state index contributed by atoms with van der Waals surface area (Å²) in [5.74, 6) is 0.781. The molecular weight excluding hydrogens is 269 g/mol. The molecule has 4 nitrogen and oxygen atoms in total. The summed E-state index contributed by atoms with van der Waals surface area (Å²) in [6.45, 7) is 0. The zero-order valence-corrected chi connectivity index (χ0v) is 8.52. The first-order valence-electron chi connectivity index (χ1n) is 3.36. The minimum atomic E-state index is 0.781. The van der Waals surface area contributed by atoms with E-state index in [0.29, 0.717) is 0 Å². The lowest BCUT2D eigenvalue weighted by Crippen LogP contribution is -1.84. The van der Waals surface area contributed by atoms with Crippen LogP contribution in [0.3, 0.4) is 0 Å². The van der Waals surface area contributed by atoms with Gasteiger partial charge in [0.15, 0.2) is 5.76 Å². The van der Waals surface area contributed by atoms with Gasteiger partial charge in [0, 0.05) is 13.2 Å². The number of aromatic nitrogens is 3. The first-order chi connectivity index (χ1) is 5.77. The Morgan fingerprint density at radius 3 is 2.83 bits per heavy atom. The van der Waals surface area contributed by atoms with Gasteiger partial charge < -0.3 is 4.52 Å². The third kappa shape index (κ3) is 1.24. The van der Waals surface area contributed by atoms with Crippen LogP contribution in [0.2, 0.25) is 0 Å². The third-order valence-corrected chi connectivity index (χ3v) is 2.26. The van der Waals surface area contributed by atoms with Crippen LogP contribution in [0.5, 0.6) is 0 Å². The molecule has 0 fully saturated rings. The lowest BCUT2D eigenvalue weighted by Gasteiger charge is -1.87. The van der Waals surface area contributed by atoms with Gasteiger partial charge in [-0.05, 0) is 22.6 Å². The van der Waals surface area contributed by atoms with E-state index in [-0.39, 0.29) is 0 Å². The summed E-state index contributed by atoms with van der Waals surface area (Å²) in [6.07, 6.45) is 5.33. The van der Waals surface area contributed by atoms with Crippen LogP contribution in [-0.2, 0) is 7.05 Å². The predicted molar refractivity (Wildman–Crippen MR) is 51.4 cm³/mol. The van der Waals surface area contributed by atoms with Crippen molar-refractivity contribution in [1.82, 2.24) is 14.9 Å². The molecule has 0 aromatic carbocycles. The fraction of sp³-hybridized carbons (Fsp3) is 0.143. The third-order valence-electron chi connectivity index (χ3n) is 1.49. The monoisotopic (exact) mass is 275 g/mol. The summed E-state index contributed by atoms with van der Waals surface area (Å²) in [4.78, 5) is 0. The molecular formula is C7H6IN3O. The van der Waals surface area contributed by atoms with Crippen LogP contribution in [0, 0.1) is 3.57 Å². The van der Waals surface area contributed by atoms with Crippen molar-refractivity contribution in [3.63, 3.8) is 0 Å². The first-order valence-corrected chi connectivity index (χ1v) is 4.44. The molecule has 2 aromatic rings. The fourth-order valence-electron chi connectivity index (χ4n) is 0.957. The highest BCUT2D eigenvalue weighted by Gasteiger charge is 2.09. The van der Waals surface area contributed by atoms with Crippen molar-refractivity contribution in [2.24, 2.45) is 7.05 Å². The van der Waals surface area contributed by atoms with Gasteiger partial charge in [-0.1, -0.05) is 5.16 Å². The van der Waals surface area contributed by atoms with E-state index < -0.39 is 0 Å². The standard InChI is InChI=1S/C7H6IN3O/c1-11-4-5(2-9-11)7-6(8)3-10-12-7/h2-4H,1H3. The molecule has 0 spiro atoms. The van der Waals surface area contributed by atoms with Crippen molar-refractivity contribution in [2.45, 2.75) is 0 Å². The van der Waals surface area contributed by atoms with E-state index in [2.05, 4.69) is 32.8 Å². The molecule has 0 aliphatic carbocycles. The highest BCUT2D eigenvalue weighted by molar-refractivity contribution is 14.1. The maximum Gasteiger partial charge on any atom is 0.183 e. The Bertz CT molecular complexity index is 393. The van der Waals surface area contributed by atoms with Crippen molar-refractivity contribution in [3.8, 4) is 11.3 Å². The Balaban J connectivity index is 2.50. The molecule has 0 N–H and O–H groups in total.